The molecule has 1 saturated carbocycles. The molecule has 0 saturated heterocycles. The Morgan fingerprint density at radius 3 is 1.85 bits per heavy atom. The topological polar surface area (TPSA) is 18.5 Å². The largest absolute Gasteiger partial charge is 0.494 e. The summed E-state index contributed by atoms with van der Waals surface area (Å²) in [6, 6.07) is 15.6. The van der Waals surface area contributed by atoms with Crippen LogP contribution in [0.25, 0.3) is 11.1 Å². The minimum atomic E-state index is -2.67. The number of hydrogen-bond acceptors (Lipinski definition) is 2. The van der Waals surface area contributed by atoms with Crippen LogP contribution in [0.15, 0.2) is 48.5 Å². The van der Waals surface area contributed by atoms with Crippen LogP contribution in [0.3, 0.4) is 0 Å². The monoisotopic (exact) mass is 472 g/mol. The van der Waals surface area contributed by atoms with Gasteiger partial charge in [-0.3, -0.25) is 0 Å². The lowest BCUT2D eigenvalue weighted by molar-refractivity contribution is 0.0524. The summed E-state index contributed by atoms with van der Waals surface area (Å²) in [4.78, 5) is 0. The van der Waals surface area contributed by atoms with Gasteiger partial charge in [0.25, 0.3) is 5.92 Å². The van der Waals surface area contributed by atoms with Gasteiger partial charge in [0.1, 0.15) is 5.75 Å². The van der Waals surface area contributed by atoms with E-state index in [1.165, 1.54) is 38.5 Å². The molecule has 34 heavy (non-hydrogen) atoms. The van der Waals surface area contributed by atoms with E-state index in [0.29, 0.717) is 12.2 Å². The third-order valence-corrected chi connectivity index (χ3v) is 6.87. The summed E-state index contributed by atoms with van der Waals surface area (Å²) in [7, 11) is 0. The van der Waals surface area contributed by atoms with Gasteiger partial charge in [0.15, 0.2) is 0 Å². The number of ether oxygens (including phenoxy) is 2. The van der Waals surface area contributed by atoms with E-state index in [9.17, 15) is 8.78 Å². The van der Waals surface area contributed by atoms with Gasteiger partial charge in [0.2, 0.25) is 0 Å². The van der Waals surface area contributed by atoms with Gasteiger partial charge >= 0.3 is 0 Å². The molecule has 3 rings (SSSR count). The Hall–Kier alpha value is -1.94. The van der Waals surface area contributed by atoms with E-state index >= 15 is 0 Å². The molecule has 0 N–H and O–H groups in total. The van der Waals surface area contributed by atoms with E-state index in [-0.39, 0.29) is 6.61 Å². The van der Waals surface area contributed by atoms with Crippen molar-refractivity contribution in [1.82, 2.24) is 0 Å². The first-order valence-electron chi connectivity index (χ1n) is 13.4. The van der Waals surface area contributed by atoms with Gasteiger partial charge in [-0.25, -0.2) is 8.78 Å². The highest BCUT2D eigenvalue weighted by Gasteiger charge is 2.68. The summed E-state index contributed by atoms with van der Waals surface area (Å²) in [6.07, 6.45) is 11.9. The zero-order valence-corrected chi connectivity index (χ0v) is 21.0. The third-order valence-electron chi connectivity index (χ3n) is 6.87. The van der Waals surface area contributed by atoms with Crippen LogP contribution < -0.4 is 4.74 Å². The number of hydrogen-bond donors (Lipinski definition) is 0. The summed E-state index contributed by atoms with van der Waals surface area (Å²) in [5, 5.41) is 0. The molecule has 0 aliphatic heterocycles. The fraction of sp³-hybridized carbons (Fsp3) is 0.600. The predicted octanol–water partition coefficient (Wildman–Crippen LogP) is 9.04. The average Bonchev–Trinajstić information content (AvgIpc) is 3.41. The number of unbranched alkanes of at least 4 members (excludes halogenated alkanes) is 8. The number of benzene rings is 2. The van der Waals surface area contributed by atoms with Gasteiger partial charge in [-0.1, -0.05) is 102 Å². The van der Waals surface area contributed by atoms with Crippen molar-refractivity contribution in [2.45, 2.75) is 89.9 Å². The summed E-state index contributed by atoms with van der Waals surface area (Å²) >= 11 is 0. The Morgan fingerprint density at radius 1 is 0.676 bits per heavy atom. The van der Waals surface area contributed by atoms with E-state index in [2.05, 4.69) is 13.8 Å². The predicted molar refractivity (Wildman–Crippen MR) is 137 cm³/mol. The van der Waals surface area contributed by atoms with Crippen molar-refractivity contribution in [3.63, 3.8) is 0 Å². The van der Waals surface area contributed by atoms with Gasteiger partial charge in [0.05, 0.1) is 25.0 Å². The molecule has 0 spiro atoms. The van der Waals surface area contributed by atoms with Crippen molar-refractivity contribution in [3.8, 4) is 16.9 Å². The minimum Gasteiger partial charge on any atom is -0.494 e. The molecule has 1 fully saturated rings. The van der Waals surface area contributed by atoms with Crippen molar-refractivity contribution < 1.29 is 18.3 Å². The van der Waals surface area contributed by atoms with Crippen LogP contribution in [0.4, 0.5) is 8.78 Å². The number of halogens is 2. The Labute approximate surface area is 205 Å². The van der Waals surface area contributed by atoms with E-state index in [1.54, 1.807) is 0 Å². The molecule has 2 aromatic carbocycles. The molecular formula is C30H42F2O2. The summed E-state index contributed by atoms with van der Waals surface area (Å²) in [5.74, 6) is -3.22. The summed E-state index contributed by atoms with van der Waals surface area (Å²) < 4.78 is 40.1. The summed E-state index contributed by atoms with van der Waals surface area (Å²) in [5.41, 5.74) is 2.79. The Balaban J connectivity index is 1.43. The lowest BCUT2D eigenvalue weighted by atomic mass is 10.0. The van der Waals surface area contributed by atoms with Crippen LogP contribution in [-0.2, 0) is 4.74 Å². The maximum Gasteiger partial charge on any atom is 0.261 e. The Morgan fingerprint density at radius 2 is 1.21 bits per heavy atom. The quantitative estimate of drug-likeness (QED) is 0.214. The normalized spacial score (nSPS) is 18.7. The molecule has 2 nitrogen and oxygen atoms in total. The maximum absolute atomic E-state index is 14.4. The fourth-order valence-corrected chi connectivity index (χ4v) is 4.59. The van der Waals surface area contributed by atoms with Crippen LogP contribution in [0.2, 0.25) is 0 Å². The zero-order chi connectivity index (χ0) is 24.2. The molecule has 2 aromatic rings. The van der Waals surface area contributed by atoms with Crippen LogP contribution in [0, 0.1) is 5.92 Å². The lowest BCUT2D eigenvalue weighted by Crippen LogP contribution is -2.04. The number of rotatable bonds is 17. The first-order chi connectivity index (χ1) is 16.6. The molecule has 0 heterocycles. The molecule has 188 valence electrons. The fourth-order valence-electron chi connectivity index (χ4n) is 4.59. The van der Waals surface area contributed by atoms with Crippen molar-refractivity contribution >= 4 is 0 Å². The number of alkyl halides is 2. The molecule has 0 radical (unpaired) electrons. The Kier molecular flexibility index (Phi) is 10.8. The highest BCUT2D eigenvalue weighted by molar-refractivity contribution is 5.64. The average molecular weight is 473 g/mol. The van der Waals surface area contributed by atoms with Crippen molar-refractivity contribution in [1.29, 1.82) is 0 Å². The van der Waals surface area contributed by atoms with Gasteiger partial charge in [-0.2, -0.15) is 0 Å². The van der Waals surface area contributed by atoms with Crippen LogP contribution in [-0.4, -0.2) is 25.7 Å². The van der Waals surface area contributed by atoms with Crippen molar-refractivity contribution in [2.75, 3.05) is 19.8 Å². The van der Waals surface area contributed by atoms with Crippen LogP contribution >= 0.6 is 0 Å². The second-order valence-electron chi connectivity index (χ2n) is 9.66. The van der Waals surface area contributed by atoms with Crippen LogP contribution in [0.5, 0.6) is 5.75 Å². The van der Waals surface area contributed by atoms with Gasteiger partial charge in [0, 0.05) is 6.61 Å². The van der Waals surface area contributed by atoms with Gasteiger partial charge < -0.3 is 9.47 Å². The SMILES string of the molecule is CCCCCCCCOc1ccc(-c2ccc([C@@H]3[C@H](COCCCCCC)C3(F)F)cc2)cc1. The second kappa shape index (κ2) is 13.8. The first kappa shape index (κ1) is 26.7. The van der Waals surface area contributed by atoms with E-state index in [4.69, 9.17) is 9.47 Å². The smallest absolute Gasteiger partial charge is 0.261 e. The third kappa shape index (κ3) is 7.80. The maximum atomic E-state index is 14.4. The van der Waals surface area contributed by atoms with Crippen LogP contribution in [0.1, 0.15) is 89.5 Å². The zero-order valence-electron chi connectivity index (χ0n) is 21.0. The van der Waals surface area contributed by atoms with Crippen molar-refractivity contribution in [2.24, 2.45) is 5.92 Å². The molecule has 0 bridgehead atoms. The molecule has 0 unspecified atom stereocenters. The van der Waals surface area contributed by atoms with E-state index < -0.39 is 17.8 Å². The highest BCUT2D eigenvalue weighted by Crippen LogP contribution is 2.61. The van der Waals surface area contributed by atoms with Gasteiger partial charge in [-0.15, -0.1) is 0 Å². The van der Waals surface area contributed by atoms with Crippen molar-refractivity contribution in [3.05, 3.63) is 54.1 Å². The van der Waals surface area contributed by atoms with Gasteiger partial charge in [-0.05, 0) is 41.7 Å². The standard InChI is InChI=1S/C30H42F2O2/c1-3-5-7-9-10-12-22-34-27-19-17-25(18-20-27)24-13-15-26(16-14-24)29-28(30(29,31)32)23-33-21-11-8-6-4-2/h13-20,28-29H,3-12,21-23H2,1-2H3/t28-,29+/m0/s1. The first-order valence-corrected chi connectivity index (χ1v) is 13.4. The Bertz CT molecular complexity index is 817. The molecule has 4 heteroatoms. The molecule has 2 atom stereocenters. The lowest BCUT2D eigenvalue weighted by Gasteiger charge is -2.08. The molecule has 0 amide bonds. The van der Waals surface area contributed by atoms with E-state index in [1.807, 2.05) is 48.5 Å². The second-order valence-corrected chi connectivity index (χ2v) is 9.66. The molecular weight excluding hydrogens is 430 g/mol. The molecule has 1 aliphatic carbocycles. The highest BCUT2D eigenvalue weighted by atomic mass is 19.3. The summed E-state index contributed by atoms with van der Waals surface area (Å²) in [6.45, 7) is 5.86. The minimum absolute atomic E-state index is 0.145. The molecule has 1 aliphatic rings. The van der Waals surface area contributed by atoms with E-state index in [0.717, 1.165) is 49.2 Å². The molecule has 0 aromatic heterocycles.